The number of carbonyl (C=O) groups excluding carboxylic acids is 3. The Hall–Kier alpha value is -1.69. The summed E-state index contributed by atoms with van der Waals surface area (Å²) in [6.07, 6.45) is 7.06. The summed E-state index contributed by atoms with van der Waals surface area (Å²) in [5, 5.41) is 0. The van der Waals surface area contributed by atoms with Gasteiger partial charge in [-0.3, -0.25) is 25.1 Å². The van der Waals surface area contributed by atoms with Gasteiger partial charge in [0, 0.05) is 25.1 Å². The molecule has 0 atom stereocenters. The molecular weight excluding hydrogens is 246 g/mol. The number of nitrogens with zero attached hydrogens (tertiary/aromatic N) is 1. The Morgan fingerprint density at radius 3 is 2.21 bits per heavy atom. The number of hydrogen-bond acceptors (Lipinski definition) is 3. The molecule has 0 bridgehead atoms. The number of amides is 3. The molecule has 1 fully saturated rings. The van der Waals surface area contributed by atoms with E-state index in [1.54, 1.807) is 0 Å². The molecule has 104 valence electrons. The Balaban J connectivity index is 1.76. The molecule has 0 aromatic carbocycles. The standard InChI is InChI=1S/C13H19N3O3/c14-15-11(17)7-9-1-3-10(4-2-9)8-16-12(18)5-6-13(16)19/h5-6,9-10H,1-4,7-8,14H2,(H,15,17)/p+1. The van der Waals surface area contributed by atoms with Crippen molar-refractivity contribution in [3.05, 3.63) is 12.2 Å². The molecule has 0 unspecified atom stereocenters. The average Bonchev–Trinajstić information content (AvgIpc) is 2.72. The van der Waals surface area contributed by atoms with Crippen LogP contribution in [0.2, 0.25) is 0 Å². The summed E-state index contributed by atoms with van der Waals surface area (Å²) >= 11 is 0. The molecule has 0 aromatic heterocycles. The maximum Gasteiger partial charge on any atom is 0.265 e. The minimum atomic E-state index is -0.205. The monoisotopic (exact) mass is 266 g/mol. The van der Waals surface area contributed by atoms with Crippen LogP contribution in [-0.4, -0.2) is 29.2 Å². The van der Waals surface area contributed by atoms with Crippen LogP contribution >= 0.6 is 0 Å². The van der Waals surface area contributed by atoms with Crippen molar-refractivity contribution in [2.75, 3.05) is 6.54 Å². The summed E-state index contributed by atoms with van der Waals surface area (Å²) in [5.41, 5.74) is 2.40. The number of hydrogen-bond donors (Lipinski definition) is 2. The molecule has 0 aromatic rings. The highest BCUT2D eigenvalue weighted by Crippen LogP contribution is 2.31. The van der Waals surface area contributed by atoms with Crippen molar-refractivity contribution >= 4 is 17.7 Å². The minimum Gasteiger partial charge on any atom is -0.275 e. The Bertz CT molecular complexity index is 393. The van der Waals surface area contributed by atoms with Gasteiger partial charge < -0.3 is 0 Å². The summed E-state index contributed by atoms with van der Waals surface area (Å²) in [7, 11) is 0. The van der Waals surface area contributed by atoms with Crippen LogP contribution in [0.1, 0.15) is 32.1 Å². The smallest absolute Gasteiger partial charge is 0.265 e. The van der Waals surface area contributed by atoms with Crippen LogP contribution in [0.25, 0.3) is 0 Å². The maximum atomic E-state index is 11.5. The van der Waals surface area contributed by atoms with Gasteiger partial charge in [0.05, 0.1) is 0 Å². The topological polar surface area (TPSA) is 94.1 Å². The third-order valence-electron chi connectivity index (χ3n) is 3.98. The second-order valence-corrected chi connectivity index (χ2v) is 5.31. The first kappa shape index (κ1) is 13.7. The predicted molar refractivity (Wildman–Crippen MR) is 67.0 cm³/mol. The number of rotatable bonds is 4. The highest BCUT2D eigenvalue weighted by atomic mass is 16.2. The third-order valence-corrected chi connectivity index (χ3v) is 3.98. The molecule has 6 heteroatoms. The van der Waals surface area contributed by atoms with E-state index < -0.39 is 0 Å². The SMILES string of the molecule is [NH3+]NC(=O)CC1CCC(CN2C(=O)C=CC2=O)CC1. The van der Waals surface area contributed by atoms with Crippen LogP contribution in [-0.2, 0) is 14.4 Å². The van der Waals surface area contributed by atoms with Crippen LogP contribution < -0.4 is 11.3 Å². The highest BCUT2D eigenvalue weighted by Gasteiger charge is 2.29. The molecule has 4 N–H and O–H groups in total. The van der Waals surface area contributed by atoms with Crippen molar-refractivity contribution in [1.82, 2.24) is 10.3 Å². The number of quaternary nitrogens is 1. The molecule has 0 saturated heterocycles. The Labute approximate surface area is 112 Å². The van der Waals surface area contributed by atoms with Gasteiger partial charge in [-0.25, -0.2) is 5.43 Å². The molecule has 2 rings (SSSR count). The number of carbonyl (C=O) groups is 3. The van der Waals surface area contributed by atoms with E-state index in [1.165, 1.54) is 17.1 Å². The second-order valence-electron chi connectivity index (χ2n) is 5.31. The molecule has 0 radical (unpaired) electrons. The van der Waals surface area contributed by atoms with Gasteiger partial charge in [-0.15, -0.1) is 0 Å². The summed E-state index contributed by atoms with van der Waals surface area (Å²) in [6, 6.07) is 0. The minimum absolute atomic E-state index is 0.0162. The zero-order valence-corrected chi connectivity index (χ0v) is 10.9. The predicted octanol–water partition coefficient (Wildman–Crippen LogP) is -0.619. The first-order chi connectivity index (χ1) is 9.10. The fourth-order valence-electron chi connectivity index (χ4n) is 2.82. The van der Waals surface area contributed by atoms with Crippen molar-refractivity contribution in [2.45, 2.75) is 32.1 Å². The molecule has 1 aliphatic heterocycles. The quantitative estimate of drug-likeness (QED) is 0.524. The van der Waals surface area contributed by atoms with Crippen LogP contribution in [0.5, 0.6) is 0 Å². The van der Waals surface area contributed by atoms with E-state index in [0.717, 1.165) is 25.7 Å². The Morgan fingerprint density at radius 2 is 1.68 bits per heavy atom. The van der Waals surface area contributed by atoms with Crippen LogP contribution in [0, 0.1) is 11.8 Å². The van der Waals surface area contributed by atoms with Gasteiger partial charge in [0.15, 0.2) is 0 Å². The van der Waals surface area contributed by atoms with Crippen molar-refractivity contribution < 1.29 is 20.2 Å². The summed E-state index contributed by atoms with van der Waals surface area (Å²) in [6.45, 7) is 0.513. The molecule has 6 nitrogen and oxygen atoms in total. The van der Waals surface area contributed by atoms with E-state index in [9.17, 15) is 14.4 Å². The van der Waals surface area contributed by atoms with Gasteiger partial charge >= 0.3 is 0 Å². The van der Waals surface area contributed by atoms with Gasteiger partial charge in [-0.05, 0) is 37.5 Å². The van der Waals surface area contributed by atoms with Gasteiger partial charge in [0.25, 0.3) is 17.7 Å². The van der Waals surface area contributed by atoms with Crippen molar-refractivity contribution in [3.8, 4) is 0 Å². The van der Waals surface area contributed by atoms with E-state index in [-0.39, 0.29) is 17.7 Å². The molecule has 1 aliphatic carbocycles. The Morgan fingerprint density at radius 1 is 1.16 bits per heavy atom. The molecule has 19 heavy (non-hydrogen) atoms. The normalized spacial score (nSPS) is 26.9. The molecule has 0 spiro atoms. The van der Waals surface area contributed by atoms with Gasteiger partial charge in [0.1, 0.15) is 0 Å². The molecule has 2 aliphatic rings. The fourth-order valence-corrected chi connectivity index (χ4v) is 2.82. The van der Waals surface area contributed by atoms with Crippen molar-refractivity contribution in [2.24, 2.45) is 11.8 Å². The lowest BCUT2D eigenvalue weighted by atomic mass is 9.80. The summed E-state index contributed by atoms with van der Waals surface area (Å²) < 4.78 is 0. The average molecular weight is 266 g/mol. The molecule has 3 amide bonds. The van der Waals surface area contributed by atoms with Crippen LogP contribution in [0.3, 0.4) is 0 Å². The Kier molecular flexibility index (Phi) is 4.31. The van der Waals surface area contributed by atoms with E-state index in [1.807, 2.05) is 0 Å². The first-order valence-electron chi connectivity index (χ1n) is 6.69. The zero-order chi connectivity index (χ0) is 13.8. The molecule has 1 heterocycles. The van der Waals surface area contributed by atoms with E-state index in [2.05, 4.69) is 11.3 Å². The third kappa shape index (κ3) is 3.41. The maximum absolute atomic E-state index is 11.5. The fraction of sp³-hybridized carbons (Fsp3) is 0.615. The molecular formula is C13H20N3O3+. The van der Waals surface area contributed by atoms with Gasteiger partial charge in [-0.1, -0.05) is 0 Å². The number of imide groups is 1. The van der Waals surface area contributed by atoms with E-state index in [4.69, 9.17) is 0 Å². The largest absolute Gasteiger partial charge is 0.275 e. The van der Waals surface area contributed by atoms with Crippen LogP contribution in [0.15, 0.2) is 12.2 Å². The first-order valence-corrected chi connectivity index (χ1v) is 6.69. The lowest BCUT2D eigenvalue weighted by Gasteiger charge is -2.30. The summed E-state index contributed by atoms with van der Waals surface area (Å²) in [5.74, 6) is 3.71. The van der Waals surface area contributed by atoms with Crippen molar-refractivity contribution in [1.29, 1.82) is 0 Å². The van der Waals surface area contributed by atoms with Gasteiger partial charge in [0.2, 0.25) is 0 Å². The lowest BCUT2D eigenvalue weighted by molar-refractivity contribution is -0.427. The van der Waals surface area contributed by atoms with Crippen LogP contribution in [0.4, 0.5) is 0 Å². The lowest BCUT2D eigenvalue weighted by Crippen LogP contribution is -2.67. The highest BCUT2D eigenvalue weighted by molar-refractivity contribution is 6.12. The van der Waals surface area contributed by atoms with Gasteiger partial charge in [-0.2, -0.15) is 0 Å². The number of nitrogens with one attached hydrogen (secondary N) is 1. The van der Waals surface area contributed by atoms with E-state index in [0.29, 0.717) is 24.8 Å². The summed E-state index contributed by atoms with van der Waals surface area (Å²) in [4.78, 5) is 35.5. The molecule has 1 saturated carbocycles. The van der Waals surface area contributed by atoms with Crippen molar-refractivity contribution in [3.63, 3.8) is 0 Å². The zero-order valence-electron chi connectivity index (χ0n) is 10.9. The second kappa shape index (κ2) is 5.97. The van der Waals surface area contributed by atoms with E-state index >= 15 is 0 Å².